The molecule has 1 amide bonds. The van der Waals surface area contributed by atoms with Gasteiger partial charge in [-0.15, -0.1) is 0 Å². The van der Waals surface area contributed by atoms with Gasteiger partial charge >= 0.3 is 0 Å². The lowest BCUT2D eigenvalue weighted by molar-refractivity contribution is -0.118. The van der Waals surface area contributed by atoms with Gasteiger partial charge in [-0.3, -0.25) is 13.9 Å². The second-order valence-electron chi connectivity index (χ2n) is 8.37. The highest BCUT2D eigenvalue weighted by atomic mass is 32.2. The van der Waals surface area contributed by atoms with Gasteiger partial charge in [0, 0.05) is 23.4 Å². The Balaban J connectivity index is 1.18. The van der Waals surface area contributed by atoms with Crippen molar-refractivity contribution in [3.05, 3.63) is 65.6 Å². The molecule has 172 valence electrons. The zero-order valence-corrected chi connectivity index (χ0v) is 19.3. The molecule has 2 atom stereocenters. The molecule has 1 aromatic heterocycles. The number of fused-ring (bicyclic) bond motifs is 1. The number of amides is 1. The van der Waals surface area contributed by atoms with Crippen LogP contribution in [0.25, 0.3) is 0 Å². The van der Waals surface area contributed by atoms with E-state index in [1.165, 1.54) is 56.2 Å². The molecule has 32 heavy (non-hydrogen) atoms. The number of benzene rings is 1. The summed E-state index contributed by atoms with van der Waals surface area (Å²) in [5, 5.41) is 2.77. The predicted molar refractivity (Wildman–Crippen MR) is 126 cm³/mol. The van der Waals surface area contributed by atoms with Gasteiger partial charge in [0.1, 0.15) is 23.9 Å². The van der Waals surface area contributed by atoms with Gasteiger partial charge in [0.05, 0.1) is 12.0 Å². The highest BCUT2D eigenvalue weighted by Crippen LogP contribution is 2.41. The minimum Gasteiger partial charge on any atom is -0.489 e. The van der Waals surface area contributed by atoms with E-state index in [4.69, 9.17) is 9.15 Å². The summed E-state index contributed by atoms with van der Waals surface area (Å²) in [5.74, 6) is 1.60. The molecule has 1 N–H and O–H groups in total. The third-order valence-corrected chi connectivity index (χ3v) is 7.31. The highest BCUT2D eigenvalue weighted by Gasteiger charge is 2.30. The van der Waals surface area contributed by atoms with Crippen LogP contribution in [0.4, 0.5) is 0 Å². The maximum atomic E-state index is 12.0. The van der Waals surface area contributed by atoms with Crippen molar-refractivity contribution in [3.63, 3.8) is 0 Å². The fourth-order valence-electron chi connectivity index (χ4n) is 4.61. The molecule has 0 saturated carbocycles. The van der Waals surface area contributed by atoms with E-state index in [-0.39, 0.29) is 17.4 Å². The minimum absolute atomic E-state index is 0.0284. The van der Waals surface area contributed by atoms with Gasteiger partial charge in [0.15, 0.2) is 0 Å². The summed E-state index contributed by atoms with van der Waals surface area (Å²) >= 11 is 0. The van der Waals surface area contributed by atoms with Crippen molar-refractivity contribution >= 4 is 16.7 Å². The molecule has 1 saturated heterocycles. The van der Waals surface area contributed by atoms with E-state index < -0.39 is 10.8 Å². The number of nitrogens with one attached hydrogen (secondary N) is 1. The Morgan fingerprint density at radius 2 is 2.06 bits per heavy atom. The molecule has 7 heteroatoms. The summed E-state index contributed by atoms with van der Waals surface area (Å²) in [4.78, 5) is 14.6. The Kier molecular flexibility index (Phi) is 8.18. The molecule has 0 radical (unpaired) electrons. The third kappa shape index (κ3) is 6.11. The molecule has 1 aliphatic heterocycles. The monoisotopic (exact) mass is 456 g/mol. The lowest BCUT2D eigenvalue weighted by atomic mass is 10.0. The zero-order valence-electron chi connectivity index (χ0n) is 18.5. The fraction of sp³-hybridized carbons (Fsp3) is 0.480. The first-order valence-corrected chi connectivity index (χ1v) is 13.0. The van der Waals surface area contributed by atoms with Gasteiger partial charge in [0.2, 0.25) is 5.91 Å². The van der Waals surface area contributed by atoms with E-state index in [0.717, 1.165) is 12.2 Å². The van der Waals surface area contributed by atoms with Crippen LogP contribution < -0.4 is 10.1 Å². The van der Waals surface area contributed by atoms with E-state index in [2.05, 4.69) is 28.4 Å². The van der Waals surface area contributed by atoms with Crippen LogP contribution in [-0.2, 0) is 27.8 Å². The molecule has 1 aromatic carbocycles. The number of carbonyl (C=O) groups excluding carboxylic acids is 1. The number of piperidine rings is 1. The van der Waals surface area contributed by atoms with Crippen LogP contribution in [0.2, 0.25) is 0 Å². The predicted octanol–water partition coefficient (Wildman–Crippen LogP) is 3.75. The van der Waals surface area contributed by atoms with Crippen LogP contribution in [0.3, 0.4) is 0 Å². The van der Waals surface area contributed by atoms with Gasteiger partial charge in [-0.25, -0.2) is 0 Å². The van der Waals surface area contributed by atoms with Crippen molar-refractivity contribution in [3.8, 4) is 5.75 Å². The molecule has 0 spiro atoms. The van der Waals surface area contributed by atoms with Crippen molar-refractivity contribution < 1.29 is 18.2 Å². The second-order valence-corrected chi connectivity index (χ2v) is 9.83. The highest BCUT2D eigenvalue weighted by molar-refractivity contribution is 7.84. The van der Waals surface area contributed by atoms with Crippen LogP contribution in [0.1, 0.15) is 48.6 Å². The summed E-state index contributed by atoms with van der Waals surface area (Å²) < 4.78 is 23.2. The molecule has 2 aromatic rings. The van der Waals surface area contributed by atoms with Crippen molar-refractivity contribution in [2.75, 3.05) is 32.0 Å². The summed E-state index contributed by atoms with van der Waals surface area (Å²) in [6.07, 6.45) is 11.5. The van der Waals surface area contributed by atoms with Crippen LogP contribution in [0, 0.1) is 0 Å². The molecule has 2 unspecified atom stereocenters. The van der Waals surface area contributed by atoms with Crippen LogP contribution in [-0.4, -0.2) is 47.0 Å². The Morgan fingerprint density at radius 1 is 1.19 bits per heavy atom. The fourth-order valence-corrected chi connectivity index (χ4v) is 5.59. The Labute approximate surface area is 192 Å². The van der Waals surface area contributed by atoms with E-state index >= 15 is 0 Å². The molecular formula is C25H32N2O4S. The maximum Gasteiger partial charge on any atom is 0.232 e. The quantitative estimate of drug-likeness (QED) is 0.552. The maximum absolute atomic E-state index is 12.0. The lowest BCUT2D eigenvalue weighted by Gasteiger charge is -2.32. The zero-order chi connectivity index (χ0) is 22.2. The summed E-state index contributed by atoms with van der Waals surface area (Å²) in [5.41, 5.74) is 2.78. The molecule has 2 aliphatic rings. The summed E-state index contributed by atoms with van der Waals surface area (Å²) in [6.45, 7) is 3.27. The van der Waals surface area contributed by atoms with Gasteiger partial charge in [-0.2, -0.15) is 0 Å². The number of rotatable bonds is 10. The molecule has 1 fully saturated rings. The molecule has 2 heterocycles. The van der Waals surface area contributed by atoms with Gasteiger partial charge < -0.3 is 14.5 Å². The van der Waals surface area contributed by atoms with Gasteiger partial charge in [-0.05, 0) is 74.2 Å². The number of hydrogen-bond acceptors (Lipinski definition) is 5. The standard InChI is InChI=1S/C25H32N2O4S/c28-25(19-32(29)18-20-8-7-17-30-20)26-13-2-5-16-31-24-10-6-9-21-22(24)11-12-23(21)27-14-3-1-4-15-27/h2,5-10,17,23H,1,3-4,11-16,18-19H2,(H,26,28)/b5-2-. The van der Waals surface area contributed by atoms with E-state index in [1.807, 2.05) is 12.2 Å². The topological polar surface area (TPSA) is 71.8 Å². The SMILES string of the molecule is O=C(CS(=O)Cc1ccco1)NC/C=C\COc1cccc2c1CCC2N1CCCCC1. The molecule has 6 nitrogen and oxygen atoms in total. The Hall–Kier alpha value is -2.38. The number of nitrogens with zero attached hydrogens (tertiary/aromatic N) is 1. The van der Waals surface area contributed by atoms with Crippen LogP contribution in [0.5, 0.6) is 5.75 Å². The van der Waals surface area contributed by atoms with Crippen molar-refractivity contribution in [2.45, 2.75) is 43.9 Å². The van der Waals surface area contributed by atoms with E-state index in [0.29, 0.717) is 25.0 Å². The Bertz CT molecular complexity index is 935. The molecule has 0 bridgehead atoms. The first-order valence-electron chi connectivity index (χ1n) is 11.5. The van der Waals surface area contributed by atoms with E-state index in [1.54, 1.807) is 12.1 Å². The Morgan fingerprint density at radius 3 is 2.88 bits per heavy atom. The average Bonchev–Trinajstić information content (AvgIpc) is 3.47. The lowest BCUT2D eigenvalue weighted by Crippen LogP contribution is -2.32. The molecule has 4 rings (SSSR count). The number of ether oxygens (including phenoxy) is 1. The van der Waals surface area contributed by atoms with Gasteiger partial charge in [-0.1, -0.05) is 24.6 Å². The third-order valence-electron chi connectivity index (χ3n) is 6.12. The van der Waals surface area contributed by atoms with Crippen molar-refractivity contribution in [1.29, 1.82) is 0 Å². The number of hydrogen-bond donors (Lipinski definition) is 1. The first kappa shape index (κ1) is 22.8. The van der Waals surface area contributed by atoms with Crippen LogP contribution in [0.15, 0.2) is 53.2 Å². The van der Waals surface area contributed by atoms with E-state index in [9.17, 15) is 9.00 Å². The smallest absolute Gasteiger partial charge is 0.232 e. The van der Waals surface area contributed by atoms with Crippen molar-refractivity contribution in [2.24, 2.45) is 0 Å². The van der Waals surface area contributed by atoms with Crippen LogP contribution >= 0.6 is 0 Å². The molecular weight excluding hydrogens is 424 g/mol. The average molecular weight is 457 g/mol. The molecule has 1 aliphatic carbocycles. The first-order chi connectivity index (χ1) is 15.7. The second kappa shape index (κ2) is 11.5. The summed E-state index contributed by atoms with van der Waals surface area (Å²) in [7, 11) is -1.28. The van der Waals surface area contributed by atoms with Gasteiger partial charge in [0.25, 0.3) is 0 Å². The van der Waals surface area contributed by atoms with Crippen molar-refractivity contribution in [1.82, 2.24) is 10.2 Å². The number of furan rings is 1. The number of likely N-dealkylation sites (tertiary alicyclic amines) is 1. The summed E-state index contributed by atoms with van der Waals surface area (Å²) in [6, 6.07) is 10.5. The normalized spacial score (nSPS) is 19.7. The largest absolute Gasteiger partial charge is 0.489 e. The minimum atomic E-state index is -1.28. The number of carbonyl (C=O) groups is 1.